The van der Waals surface area contributed by atoms with Gasteiger partial charge in [-0.15, -0.1) is 0 Å². The fourth-order valence-corrected chi connectivity index (χ4v) is 1.59. The highest BCUT2D eigenvalue weighted by molar-refractivity contribution is 5.77. The molecule has 4 nitrogen and oxygen atoms in total. The first-order chi connectivity index (χ1) is 6.92. The molecule has 0 aromatic rings. The van der Waals surface area contributed by atoms with Gasteiger partial charge in [-0.1, -0.05) is 0 Å². The van der Waals surface area contributed by atoms with Crippen molar-refractivity contribution in [2.45, 2.75) is 32.7 Å². The lowest BCUT2D eigenvalue weighted by Crippen LogP contribution is -2.52. The Kier molecular flexibility index (Phi) is 4.11. The van der Waals surface area contributed by atoms with Crippen molar-refractivity contribution in [2.75, 3.05) is 26.2 Å². The first kappa shape index (κ1) is 12.5. The van der Waals surface area contributed by atoms with E-state index in [-0.39, 0.29) is 18.1 Å². The fourth-order valence-electron chi connectivity index (χ4n) is 1.59. The zero-order chi connectivity index (χ0) is 11.5. The Morgan fingerprint density at radius 2 is 2.07 bits per heavy atom. The summed E-state index contributed by atoms with van der Waals surface area (Å²) in [6, 6.07) is 0. The highest BCUT2D eigenvalue weighted by atomic mass is 16.3. The largest absolute Gasteiger partial charge is 0.396 e. The summed E-state index contributed by atoms with van der Waals surface area (Å²) in [5, 5.41) is 12.1. The van der Waals surface area contributed by atoms with E-state index in [0.29, 0.717) is 12.3 Å². The summed E-state index contributed by atoms with van der Waals surface area (Å²) < 4.78 is 0. The van der Waals surface area contributed by atoms with Gasteiger partial charge in [-0.2, -0.15) is 0 Å². The van der Waals surface area contributed by atoms with Gasteiger partial charge in [-0.05, 0) is 20.8 Å². The molecular formula is C11H22N2O2. The van der Waals surface area contributed by atoms with Crippen molar-refractivity contribution in [1.82, 2.24) is 10.2 Å². The molecule has 0 radical (unpaired) electrons. The van der Waals surface area contributed by atoms with E-state index in [4.69, 9.17) is 5.11 Å². The maximum absolute atomic E-state index is 11.6. The SMILES string of the molecule is CC(C)(C)NCCC(=O)N1CC(CO)C1. The zero-order valence-electron chi connectivity index (χ0n) is 9.92. The van der Waals surface area contributed by atoms with Crippen molar-refractivity contribution in [3.8, 4) is 0 Å². The number of hydrogen-bond acceptors (Lipinski definition) is 3. The van der Waals surface area contributed by atoms with Crippen LogP contribution < -0.4 is 5.32 Å². The van der Waals surface area contributed by atoms with Crippen LogP contribution in [-0.2, 0) is 4.79 Å². The lowest BCUT2D eigenvalue weighted by Gasteiger charge is -2.38. The molecule has 15 heavy (non-hydrogen) atoms. The number of aliphatic hydroxyl groups is 1. The normalized spacial score (nSPS) is 17.7. The number of carbonyl (C=O) groups excluding carboxylic acids is 1. The molecule has 0 aromatic heterocycles. The van der Waals surface area contributed by atoms with Crippen LogP contribution in [0.4, 0.5) is 0 Å². The molecule has 0 aliphatic carbocycles. The van der Waals surface area contributed by atoms with E-state index in [2.05, 4.69) is 26.1 Å². The molecule has 88 valence electrons. The predicted octanol–water partition coefficient (Wildman–Crippen LogP) is 0.215. The van der Waals surface area contributed by atoms with Crippen molar-refractivity contribution in [3.05, 3.63) is 0 Å². The molecule has 1 heterocycles. The number of amides is 1. The van der Waals surface area contributed by atoms with Crippen LogP contribution in [-0.4, -0.2) is 47.7 Å². The van der Waals surface area contributed by atoms with Crippen LogP contribution >= 0.6 is 0 Å². The van der Waals surface area contributed by atoms with E-state index in [1.807, 2.05) is 4.90 Å². The molecule has 0 unspecified atom stereocenters. The summed E-state index contributed by atoms with van der Waals surface area (Å²) in [5.41, 5.74) is 0.0723. The maximum atomic E-state index is 11.6. The third-order valence-corrected chi connectivity index (χ3v) is 2.56. The summed E-state index contributed by atoms with van der Waals surface area (Å²) in [5.74, 6) is 0.501. The molecular weight excluding hydrogens is 192 g/mol. The molecule has 1 aliphatic heterocycles. The van der Waals surface area contributed by atoms with Gasteiger partial charge in [-0.25, -0.2) is 0 Å². The van der Waals surface area contributed by atoms with E-state index in [1.165, 1.54) is 0 Å². The first-order valence-corrected chi connectivity index (χ1v) is 5.56. The van der Waals surface area contributed by atoms with Gasteiger partial charge in [0.25, 0.3) is 0 Å². The smallest absolute Gasteiger partial charge is 0.223 e. The van der Waals surface area contributed by atoms with Gasteiger partial charge in [0.15, 0.2) is 0 Å². The molecule has 1 saturated heterocycles. The Balaban J connectivity index is 2.10. The molecule has 1 fully saturated rings. The lowest BCUT2D eigenvalue weighted by atomic mass is 10.0. The van der Waals surface area contributed by atoms with Gasteiger partial charge >= 0.3 is 0 Å². The van der Waals surface area contributed by atoms with Gasteiger partial charge in [0.2, 0.25) is 5.91 Å². The minimum absolute atomic E-state index is 0.0723. The van der Waals surface area contributed by atoms with Gasteiger partial charge < -0.3 is 15.3 Å². The molecule has 0 aromatic carbocycles. The van der Waals surface area contributed by atoms with E-state index < -0.39 is 0 Å². The maximum Gasteiger partial charge on any atom is 0.223 e. The Morgan fingerprint density at radius 3 is 2.53 bits per heavy atom. The van der Waals surface area contributed by atoms with Crippen molar-refractivity contribution in [2.24, 2.45) is 5.92 Å². The average Bonchev–Trinajstić information content (AvgIpc) is 1.99. The molecule has 1 aliphatic rings. The summed E-state index contributed by atoms with van der Waals surface area (Å²) in [6.45, 7) is 8.64. The monoisotopic (exact) mass is 214 g/mol. The minimum Gasteiger partial charge on any atom is -0.396 e. The molecule has 1 rings (SSSR count). The van der Waals surface area contributed by atoms with E-state index in [0.717, 1.165) is 19.6 Å². The van der Waals surface area contributed by atoms with Crippen molar-refractivity contribution < 1.29 is 9.90 Å². The second kappa shape index (κ2) is 4.94. The van der Waals surface area contributed by atoms with Crippen LogP contribution in [0.25, 0.3) is 0 Å². The molecule has 1 amide bonds. The van der Waals surface area contributed by atoms with Crippen LogP contribution in [0.15, 0.2) is 0 Å². The van der Waals surface area contributed by atoms with E-state index in [1.54, 1.807) is 0 Å². The molecule has 0 saturated carbocycles. The van der Waals surface area contributed by atoms with Crippen molar-refractivity contribution in [1.29, 1.82) is 0 Å². The van der Waals surface area contributed by atoms with Crippen molar-refractivity contribution in [3.63, 3.8) is 0 Å². The third kappa shape index (κ3) is 4.18. The van der Waals surface area contributed by atoms with Gasteiger partial charge in [-0.3, -0.25) is 4.79 Å². The average molecular weight is 214 g/mol. The first-order valence-electron chi connectivity index (χ1n) is 5.56. The Morgan fingerprint density at radius 1 is 1.47 bits per heavy atom. The van der Waals surface area contributed by atoms with Gasteiger partial charge in [0, 0.05) is 44.1 Å². The van der Waals surface area contributed by atoms with Gasteiger partial charge in [0.1, 0.15) is 0 Å². The van der Waals surface area contributed by atoms with Crippen LogP contribution in [0.5, 0.6) is 0 Å². The Bertz CT molecular complexity index is 217. The van der Waals surface area contributed by atoms with E-state index >= 15 is 0 Å². The Hall–Kier alpha value is -0.610. The fraction of sp³-hybridized carbons (Fsp3) is 0.909. The number of aliphatic hydroxyl groups excluding tert-OH is 1. The molecule has 2 N–H and O–H groups in total. The summed E-state index contributed by atoms with van der Waals surface area (Å²) in [6.07, 6.45) is 0.551. The van der Waals surface area contributed by atoms with Crippen LogP contribution in [0.3, 0.4) is 0 Å². The summed E-state index contributed by atoms with van der Waals surface area (Å²) >= 11 is 0. The predicted molar refractivity (Wildman–Crippen MR) is 59.5 cm³/mol. The topological polar surface area (TPSA) is 52.6 Å². The third-order valence-electron chi connectivity index (χ3n) is 2.56. The summed E-state index contributed by atoms with van der Waals surface area (Å²) in [4.78, 5) is 13.4. The highest BCUT2D eigenvalue weighted by Gasteiger charge is 2.29. The standard InChI is InChI=1S/C11H22N2O2/c1-11(2,3)12-5-4-10(15)13-6-9(7-13)8-14/h9,12,14H,4-8H2,1-3H3. The number of likely N-dealkylation sites (tertiary alicyclic amines) is 1. The number of rotatable bonds is 4. The summed E-state index contributed by atoms with van der Waals surface area (Å²) in [7, 11) is 0. The second-order valence-corrected chi connectivity index (χ2v) is 5.27. The quantitative estimate of drug-likeness (QED) is 0.703. The lowest BCUT2D eigenvalue weighted by molar-refractivity contribution is -0.138. The van der Waals surface area contributed by atoms with Crippen LogP contribution in [0.2, 0.25) is 0 Å². The minimum atomic E-state index is 0.0723. The second-order valence-electron chi connectivity index (χ2n) is 5.27. The van der Waals surface area contributed by atoms with Crippen molar-refractivity contribution >= 4 is 5.91 Å². The molecule has 0 atom stereocenters. The highest BCUT2D eigenvalue weighted by Crippen LogP contribution is 2.15. The van der Waals surface area contributed by atoms with E-state index in [9.17, 15) is 4.79 Å². The number of nitrogens with zero attached hydrogens (tertiary/aromatic N) is 1. The number of carbonyl (C=O) groups is 1. The number of nitrogens with one attached hydrogen (secondary N) is 1. The Labute approximate surface area is 91.6 Å². The van der Waals surface area contributed by atoms with Crippen LogP contribution in [0.1, 0.15) is 27.2 Å². The molecule has 0 spiro atoms. The molecule has 0 bridgehead atoms. The molecule has 4 heteroatoms. The van der Waals surface area contributed by atoms with Gasteiger partial charge in [0.05, 0.1) is 0 Å². The zero-order valence-corrected chi connectivity index (χ0v) is 9.92. The van der Waals surface area contributed by atoms with Crippen LogP contribution in [0, 0.1) is 5.92 Å². The number of hydrogen-bond donors (Lipinski definition) is 2.